The number of hydrogen-bond acceptors (Lipinski definition) is 3. The van der Waals surface area contributed by atoms with Crippen molar-refractivity contribution in [3.05, 3.63) is 22.9 Å². The van der Waals surface area contributed by atoms with Gasteiger partial charge in [-0.15, -0.1) is 0 Å². The molecule has 0 aromatic carbocycles. The van der Waals surface area contributed by atoms with E-state index < -0.39 is 0 Å². The molecule has 1 aromatic rings. The number of nitrogens with two attached hydrogens (primary N) is 1. The maximum atomic E-state index is 5.45. The summed E-state index contributed by atoms with van der Waals surface area (Å²) in [5, 5.41) is 3.40. The lowest BCUT2D eigenvalue weighted by Crippen LogP contribution is -2.16. The molecule has 1 heterocycles. The van der Waals surface area contributed by atoms with Crippen LogP contribution < -0.4 is 11.1 Å². The van der Waals surface area contributed by atoms with Crippen LogP contribution in [0.2, 0.25) is 0 Å². The van der Waals surface area contributed by atoms with Crippen LogP contribution in [0.4, 0.5) is 5.69 Å². The van der Waals surface area contributed by atoms with Gasteiger partial charge in [0.25, 0.3) is 0 Å². The first-order chi connectivity index (χ1) is 6.74. The molecule has 1 rings (SSSR count). The molecule has 4 heteroatoms. The molecule has 1 aromatic heterocycles. The molecule has 0 amide bonds. The topological polar surface area (TPSA) is 50.9 Å². The van der Waals surface area contributed by atoms with Gasteiger partial charge < -0.3 is 11.1 Å². The lowest BCUT2D eigenvalue weighted by Gasteiger charge is -2.15. The summed E-state index contributed by atoms with van der Waals surface area (Å²) in [6, 6.07) is 2.40. The summed E-state index contributed by atoms with van der Waals surface area (Å²) < 4.78 is 1.000. The molecule has 0 spiro atoms. The summed E-state index contributed by atoms with van der Waals surface area (Å²) in [5.74, 6) is 0. The maximum Gasteiger partial charge on any atom is 0.0590 e. The molecule has 0 fully saturated rings. The van der Waals surface area contributed by atoms with Crippen LogP contribution in [0.1, 0.15) is 19.8 Å². The van der Waals surface area contributed by atoms with Gasteiger partial charge in [0.2, 0.25) is 0 Å². The van der Waals surface area contributed by atoms with Crippen molar-refractivity contribution in [1.29, 1.82) is 0 Å². The Labute approximate surface area is 93.2 Å². The molecule has 1 unspecified atom stereocenters. The Morgan fingerprint density at radius 2 is 2.43 bits per heavy atom. The van der Waals surface area contributed by atoms with Crippen molar-refractivity contribution < 1.29 is 0 Å². The molecule has 14 heavy (non-hydrogen) atoms. The van der Waals surface area contributed by atoms with E-state index in [9.17, 15) is 0 Å². The van der Waals surface area contributed by atoms with Crippen molar-refractivity contribution in [2.45, 2.75) is 25.8 Å². The van der Waals surface area contributed by atoms with E-state index in [0.717, 1.165) is 29.5 Å². The van der Waals surface area contributed by atoms with E-state index in [1.54, 1.807) is 12.4 Å². The summed E-state index contributed by atoms with van der Waals surface area (Å²) in [7, 11) is 0. The second-order valence-corrected chi connectivity index (χ2v) is 4.19. The Hall–Kier alpha value is -0.610. The zero-order chi connectivity index (χ0) is 10.4. The van der Waals surface area contributed by atoms with Crippen LogP contribution in [0.5, 0.6) is 0 Å². The highest BCUT2D eigenvalue weighted by molar-refractivity contribution is 9.10. The van der Waals surface area contributed by atoms with Crippen LogP contribution in [0, 0.1) is 0 Å². The molecule has 1 atom stereocenters. The Balaban J connectivity index is 2.47. The average Bonchev–Trinajstić information content (AvgIpc) is 2.18. The quantitative estimate of drug-likeness (QED) is 0.852. The van der Waals surface area contributed by atoms with Gasteiger partial charge in [0, 0.05) is 18.4 Å². The highest BCUT2D eigenvalue weighted by Gasteiger charge is 2.03. The molecule has 0 saturated heterocycles. The van der Waals surface area contributed by atoms with Crippen molar-refractivity contribution in [3.63, 3.8) is 0 Å². The third-order valence-electron chi connectivity index (χ3n) is 2.02. The van der Waals surface area contributed by atoms with Gasteiger partial charge in [-0.2, -0.15) is 0 Å². The van der Waals surface area contributed by atoms with Crippen molar-refractivity contribution in [2.75, 3.05) is 11.9 Å². The molecule has 0 aliphatic carbocycles. The average molecular weight is 258 g/mol. The molecule has 0 aliphatic rings. The third-order valence-corrected chi connectivity index (χ3v) is 2.65. The Bertz CT molecular complexity index is 278. The highest BCUT2D eigenvalue weighted by Crippen LogP contribution is 2.21. The number of halogens is 1. The SMILES string of the molecule is CC(CCCN)Nc1ccncc1Br. The first-order valence-corrected chi connectivity index (χ1v) is 5.59. The van der Waals surface area contributed by atoms with Crippen molar-refractivity contribution in [1.82, 2.24) is 4.98 Å². The van der Waals surface area contributed by atoms with E-state index in [4.69, 9.17) is 5.73 Å². The highest BCUT2D eigenvalue weighted by atomic mass is 79.9. The van der Waals surface area contributed by atoms with Crippen molar-refractivity contribution in [3.8, 4) is 0 Å². The third kappa shape index (κ3) is 3.64. The smallest absolute Gasteiger partial charge is 0.0590 e. The number of nitrogens with zero attached hydrogens (tertiary/aromatic N) is 1. The lowest BCUT2D eigenvalue weighted by atomic mass is 10.2. The van der Waals surface area contributed by atoms with Gasteiger partial charge in [-0.05, 0) is 48.3 Å². The number of nitrogens with one attached hydrogen (secondary N) is 1. The molecule has 0 aliphatic heterocycles. The first-order valence-electron chi connectivity index (χ1n) is 4.80. The molecular weight excluding hydrogens is 242 g/mol. The van der Waals surface area contributed by atoms with Gasteiger partial charge in [0.1, 0.15) is 0 Å². The zero-order valence-electron chi connectivity index (χ0n) is 8.33. The molecular formula is C10H16BrN3. The molecule has 0 bridgehead atoms. The largest absolute Gasteiger partial charge is 0.382 e. The van der Waals surface area contributed by atoms with E-state index in [1.165, 1.54) is 0 Å². The minimum Gasteiger partial charge on any atom is -0.382 e. The minimum atomic E-state index is 0.442. The molecule has 78 valence electrons. The monoisotopic (exact) mass is 257 g/mol. The standard InChI is InChI=1S/C10H16BrN3/c1-8(3-2-5-12)14-10-4-6-13-7-9(10)11/h4,6-8H,2-3,5,12H2,1H3,(H,13,14). The van der Waals surface area contributed by atoms with Gasteiger partial charge in [0.15, 0.2) is 0 Å². The van der Waals surface area contributed by atoms with Gasteiger partial charge in [-0.1, -0.05) is 0 Å². The predicted molar refractivity (Wildman–Crippen MR) is 63.3 cm³/mol. The van der Waals surface area contributed by atoms with Crippen LogP contribution in [0.15, 0.2) is 22.9 Å². The molecule has 3 N–H and O–H groups in total. The van der Waals surface area contributed by atoms with Crippen LogP contribution >= 0.6 is 15.9 Å². The number of rotatable bonds is 5. The van der Waals surface area contributed by atoms with E-state index in [-0.39, 0.29) is 0 Å². The number of hydrogen-bond donors (Lipinski definition) is 2. The van der Waals surface area contributed by atoms with Crippen LogP contribution in [-0.4, -0.2) is 17.6 Å². The second-order valence-electron chi connectivity index (χ2n) is 3.33. The molecule has 0 radical (unpaired) electrons. The fourth-order valence-electron chi connectivity index (χ4n) is 1.25. The second kappa shape index (κ2) is 5.98. The zero-order valence-corrected chi connectivity index (χ0v) is 9.92. The summed E-state index contributed by atoms with van der Waals surface area (Å²) in [5.41, 5.74) is 6.54. The van der Waals surface area contributed by atoms with Crippen molar-refractivity contribution >= 4 is 21.6 Å². The Morgan fingerprint density at radius 1 is 1.64 bits per heavy atom. The van der Waals surface area contributed by atoms with Gasteiger partial charge in [0.05, 0.1) is 10.2 Å². The minimum absolute atomic E-state index is 0.442. The normalized spacial score (nSPS) is 12.5. The molecule has 3 nitrogen and oxygen atoms in total. The number of aromatic nitrogens is 1. The predicted octanol–water partition coefficient (Wildman–Crippen LogP) is 2.38. The number of pyridine rings is 1. The Kier molecular flexibility index (Phi) is 4.90. The van der Waals surface area contributed by atoms with Crippen LogP contribution in [0.3, 0.4) is 0 Å². The van der Waals surface area contributed by atoms with Gasteiger partial charge in [-0.25, -0.2) is 0 Å². The fraction of sp³-hybridized carbons (Fsp3) is 0.500. The van der Waals surface area contributed by atoms with E-state index >= 15 is 0 Å². The lowest BCUT2D eigenvalue weighted by molar-refractivity contribution is 0.663. The van der Waals surface area contributed by atoms with Crippen LogP contribution in [0.25, 0.3) is 0 Å². The number of anilines is 1. The van der Waals surface area contributed by atoms with E-state index in [1.807, 2.05) is 6.07 Å². The molecule has 0 saturated carbocycles. The van der Waals surface area contributed by atoms with Crippen LogP contribution in [-0.2, 0) is 0 Å². The first kappa shape index (κ1) is 11.5. The summed E-state index contributed by atoms with van der Waals surface area (Å²) in [6.07, 6.45) is 5.71. The van der Waals surface area contributed by atoms with Gasteiger partial charge >= 0.3 is 0 Å². The summed E-state index contributed by atoms with van der Waals surface area (Å²) in [6.45, 7) is 2.91. The fourth-order valence-corrected chi connectivity index (χ4v) is 1.62. The van der Waals surface area contributed by atoms with Crippen molar-refractivity contribution in [2.24, 2.45) is 5.73 Å². The maximum absolute atomic E-state index is 5.45. The van der Waals surface area contributed by atoms with E-state index in [2.05, 4.69) is 33.2 Å². The Morgan fingerprint density at radius 3 is 3.07 bits per heavy atom. The van der Waals surface area contributed by atoms with E-state index in [0.29, 0.717) is 6.04 Å². The van der Waals surface area contributed by atoms with Gasteiger partial charge in [-0.3, -0.25) is 4.98 Å². The summed E-state index contributed by atoms with van der Waals surface area (Å²) >= 11 is 3.44. The summed E-state index contributed by atoms with van der Waals surface area (Å²) in [4.78, 5) is 4.01.